The van der Waals surface area contributed by atoms with Gasteiger partial charge in [-0.1, -0.05) is 30.7 Å². The lowest BCUT2D eigenvalue weighted by molar-refractivity contribution is -0.143. The van der Waals surface area contributed by atoms with E-state index in [1.165, 1.54) is 0 Å². The summed E-state index contributed by atoms with van der Waals surface area (Å²) in [5, 5.41) is 9.36. The van der Waals surface area contributed by atoms with Crippen molar-refractivity contribution in [1.82, 2.24) is 5.06 Å². The first kappa shape index (κ1) is 12.4. The molecule has 0 aliphatic rings. The van der Waals surface area contributed by atoms with Crippen molar-refractivity contribution in [2.75, 3.05) is 6.54 Å². The minimum absolute atomic E-state index is 0.230. The van der Waals surface area contributed by atoms with Crippen LogP contribution < -0.4 is 0 Å². The summed E-state index contributed by atoms with van der Waals surface area (Å²) >= 11 is 0. The zero-order valence-electron chi connectivity index (χ0n) is 9.22. The highest BCUT2D eigenvalue weighted by Crippen LogP contribution is 2.23. The largest absolute Gasteiger partial charge is 0.338 e. The van der Waals surface area contributed by atoms with Crippen LogP contribution in [0.5, 0.6) is 0 Å². The molecule has 0 saturated carbocycles. The average Bonchev–Trinajstić information content (AvgIpc) is 2.12. The lowest BCUT2D eigenvalue weighted by Gasteiger charge is -2.29. The zero-order chi connectivity index (χ0) is 10.5. The number of hydrogen-bond donors (Lipinski definition) is 0. The molecule has 13 heavy (non-hydrogen) atoms. The number of likely N-dealkylation sites (N-methyl/N-ethyl adjacent to an activating group) is 1. The van der Waals surface area contributed by atoms with Crippen molar-refractivity contribution in [1.29, 1.82) is 0 Å². The fourth-order valence-electron chi connectivity index (χ4n) is 1.35. The molecule has 0 aliphatic carbocycles. The number of nitrogens with zero attached hydrogens (tertiary/aromatic N) is 1. The molecule has 0 aromatic carbocycles. The van der Waals surface area contributed by atoms with Crippen molar-refractivity contribution >= 4 is 0 Å². The van der Waals surface area contributed by atoms with Crippen LogP contribution in [0.3, 0.4) is 0 Å². The Hall–Kier alpha value is -0.600. The predicted molar refractivity (Wildman–Crippen MR) is 58.6 cm³/mol. The lowest BCUT2D eigenvalue weighted by Crippen LogP contribution is -2.42. The van der Waals surface area contributed by atoms with E-state index in [0.717, 1.165) is 18.5 Å². The second kappa shape index (κ2) is 5.20. The van der Waals surface area contributed by atoms with Gasteiger partial charge in [0, 0.05) is 0 Å². The van der Waals surface area contributed by atoms with Gasteiger partial charge in [0.25, 0.3) is 0 Å². The molecule has 0 saturated heterocycles. The third-order valence-electron chi connectivity index (χ3n) is 2.34. The van der Waals surface area contributed by atoms with Gasteiger partial charge in [-0.15, -0.1) is 0 Å². The van der Waals surface area contributed by atoms with E-state index < -0.39 is 0 Å². The maximum Gasteiger partial charge on any atom is 0.107 e. The van der Waals surface area contributed by atoms with Gasteiger partial charge in [0.05, 0.1) is 6.54 Å². The van der Waals surface area contributed by atoms with Gasteiger partial charge in [0.2, 0.25) is 0 Å². The molecule has 0 aromatic heterocycles. The highest BCUT2D eigenvalue weighted by molar-refractivity contribution is 5.27. The normalized spacial score (nSPS) is 13.5. The molecule has 0 spiro atoms. The molecule has 0 heterocycles. The van der Waals surface area contributed by atoms with Crippen molar-refractivity contribution in [3.8, 4) is 0 Å². The van der Waals surface area contributed by atoms with Gasteiger partial charge in [-0.25, -0.2) is 0 Å². The fourth-order valence-corrected chi connectivity index (χ4v) is 1.35. The first-order valence-electron chi connectivity index (χ1n) is 4.82. The molecule has 0 unspecified atom stereocenters. The number of rotatable bonds is 5. The summed E-state index contributed by atoms with van der Waals surface area (Å²) < 4.78 is 0. The Labute approximate surface area is 81.5 Å². The molecule has 0 aromatic rings. The first-order valence-corrected chi connectivity index (χ1v) is 4.82. The quantitative estimate of drug-likeness (QED) is 0.365. The number of hydrogen-bond acceptors (Lipinski definition) is 1. The van der Waals surface area contributed by atoms with E-state index in [9.17, 15) is 0 Å². The Kier molecular flexibility index (Phi) is 4.96. The van der Waals surface area contributed by atoms with Crippen molar-refractivity contribution in [3.63, 3.8) is 0 Å². The Morgan fingerprint density at radius 1 is 1.46 bits per heavy atom. The number of allylic oxidation sites excluding steroid dienone is 1. The minimum atomic E-state index is -0.230. The molecule has 0 atom stereocenters. The van der Waals surface area contributed by atoms with Crippen LogP contribution in [-0.4, -0.2) is 22.4 Å². The van der Waals surface area contributed by atoms with Gasteiger partial charge >= 0.3 is 0 Å². The van der Waals surface area contributed by atoms with Crippen LogP contribution >= 0.6 is 0 Å². The van der Waals surface area contributed by atoms with Gasteiger partial charge < -0.3 is 5.21 Å². The summed E-state index contributed by atoms with van der Waals surface area (Å²) in [6.45, 7) is 12.7. The molecule has 0 bridgehead atoms. The molecular weight excluding hydrogens is 162 g/mol. The molecule has 0 rings (SSSR count). The third-order valence-corrected chi connectivity index (χ3v) is 2.34. The molecule has 2 heteroatoms. The van der Waals surface area contributed by atoms with Crippen LogP contribution in [0.4, 0.5) is 0 Å². The lowest BCUT2D eigenvalue weighted by atomic mass is 9.92. The summed E-state index contributed by atoms with van der Waals surface area (Å²) in [5.74, 6) is 0. The van der Waals surface area contributed by atoms with Crippen LogP contribution in [0, 0.1) is 0 Å². The highest BCUT2D eigenvalue weighted by Gasteiger charge is 2.30. The Balaban J connectivity index is 4.76. The SMILES string of the molecule is C=C/C(=C/CC)C(C)(C)N([OH2+])CC. The molecule has 76 valence electrons. The molecule has 0 amide bonds. The summed E-state index contributed by atoms with van der Waals surface area (Å²) in [4.78, 5) is 0. The van der Waals surface area contributed by atoms with Crippen molar-refractivity contribution < 1.29 is 5.21 Å². The Bertz CT molecular complexity index is 194. The minimum Gasteiger partial charge on any atom is -0.338 e. The van der Waals surface area contributed by atoms with E-state index in [4.69, 9.17) is 5.21 Å². The van der Waals surface area contributed by atoms with Gasteiger partial charge in [0.15, 0.2) is 0 Å². The van der Waals surface area contributed by atoms with Gasteiger partial charge in [0.1, 0.15) is 5.54 Å². The van der Waals surface area contributed by atoms with Crippen LogP contribution in [0.2, 0.25) is 0 Å². The van der Waals surface area contributed by atoms with Crippen LogP contribution in [0.25, 0.3) is 0 Å². The molecule has 0 fully saturated rings. The van der Waals surface area contributed by atoms with Crippen LogP contribution in [0.1, 0.15) is 34.1 Å². The summed E-state index contributed by atoms with van der Waals surface area (Å²) in [5.41, 5.74) is 0.902. The van der Waals surface area contributed by atoms with Gasteiger partial charge in [-0.3, -0.25) is 0 Å². The average molecular weight is 184 g/mol. The maximum atomic E-state index is 7.78. The number of hydroxylamine groups is 2. The Morgan fingerprint density at radius 2 is 2.00 bits per heavy atom. The standard InChI is InChI=1S/C11H21NO/c1-6-9-10(7-2)11(4,5)12(13)8-3/h7,9,13H,2,6,8H2,1,3-5H3/p+1/b10-9-. The molecule has 0 radical (unpaired) electrons. The first-order chi connectivity index (χ1) is 6.00. The maximum absolute atomic E-state index is 7.78. The van der Waals surface area contributed by atoms with Gasteiger partial charge in [-0.05, 0) is 32.8 Å². The fraction of sp³-hybridized carbons (Fsp3) is 0.636. The summed E-state index contributed by atoms with van der Waals surface area (Å²) in [6.07, 6.45) is 4.97. The molecular formula is C11H22NO+. The van der Waals surface area contributed by atoms with Crippen molar-refractivity contribution in [2.45, 2.75) is 39.7 Å². The zero-order valence-corrected chi connectivity index (χ0v) is 9.22. The van der Waals surface area contributed by atoms with Gasteiger partial charge in [-0.2, -0.15) is 0 Å². The van der Waals surface area contributed by atoms with Crippen LogP contribution in [0.15, 0.2) is 24.3 Å². The second-order valence-electron chi connectivity index (χ2n) is 3.58. The van der Waals surface area contributed by atoms with Crippen molar-refractivity contribution in [2.24, 2.45) is 0 Å². The molecule has 2 nitrogen and oxygen atoms in total. The third kappa shape index (κ3) is 2.98. The van der Waals surface area contributed by atoms with Crippen LogP contribution in [-0.2, 0) is 0 Å². The smallest absolute Gasteiger partial charge is 0.107 e. The van der Waals surface area contributed by atoms with E-state index >= 15 is 0 Å². The summed E-state index contributed by atoms with van der Waals surface area (Å²) in [7, 11) is 0. The predicted octanol–water partition coefficient (Wildman–Crippen LogP) is 2.25. The highest BCUT2D eigenvalue weighted by atomic mass is 16.5. The molecule has 2 N–H and O–H groups in total. The van der Waals surface area contributed by atoms with E-state index in [1.807, 2.05) is 26.8 Å². The molecule has 0 aliphatic heterocycles. The van der Waals surface area contributed by atoms with Crippen molar-refractivity contribution in [3.05, 3.63) is 24.3 Å². The second-order valence-corrected chi connectivity index (χ2v) is 3.58. The monoisotopic (exact) mass is 184 g/mol. The Morgan fingerprint density at radius 3 is 2.31 bits per heavy atom. The summed E-state index contributed by atoms with van der Waals surface area (Å²) in [6, 6.07) is 0. The van der Waals surface area contributed by atoms with E-state index in [0.29, 0.717) is 0 Å². The van der Waals surface area contributed by atoms with E-state index in [-0.39, 0.29) is 5.54 Å². The topological polar surface area (TPSA) is 26.1 Å². The van der Waals surface area contributed by atoms with E-state index in [2.05, 4.69) is 19.6 Å². The van der Waals surface area contributed by atoms with E-state index in [1.54, 1.807) is 5.06 Å².